The highest BCUT2D eigenvalue weighted by molar-refractivity contribution is 6.04. The van der Waals surface area contributed by atoms with Gasteiger partial charge >= 0.3 is 0 Å². The standard InChI is InChI=1S/C11H12F2N2O2/c1-17-3-2-15-10-7(9(14)11(15)16)4-6(12)5-8(10)13/h4-5,9H,2-3,14H2,1H3. The van der Waals surface area contributed by atoms with Gasteiger partial charge in [-0.05, 0) is 6.07 Å². The van der Waals surface area contributed by atoms with E-state index in [9.17, 15) is 13.6 Å². The third-order valence-electron chi connectivity index (χ3n) is 2.71. The smallest absolute Gasteiger partial charge is 0.248 e. The van der Waals surface area contributed by atoms with Crippen molar-refractivity contribution in [1.82, 2.24) is 0 Å². The van der Waals surface area contributed by atoms with Crippen LogP contribution in [0.15, 0.2) is 12.1 Å². The third-order valence-corrected chi connectivity index (χ3v) is 2.71. The average molecular weight is 242 g/mol. The van der Waals surface area contributed by atoms with E-state index in [-0.39, 0.29) is 24.4 Å². The van der Waals surface area contributed by atoms with E-state index in [0.717, 1.165) is 12.1 Å². The number of ether oxygens (including phenoxy) is 1. The summed E-state index contributed by atoms with van der Waals surface area (Å²) in [5, 5.41) is 0. The minimum atomic E-state index is -1.01. The maximum absolute atomic E-state index is 13.6. The first-order valence-electron chi connectivity index (χ1n) is 5.11. The van der Waals surface area contributed by atoms with E-state index in [1.54, 1.807) is 0 Å². The monoisotopic (exact) mass is 242 g/mol. The van der Waals surface area contributed by atoms with Crippen molar-refractivity contribution in [2.24, 2.45) is 5.73 Å². The minimum Gasteiger partial charge on any atom is -0.383 e. The summed E-state index contributed by atoms with van der Waals surface area (Å²) in [7, 11) is 1.47. The summed E-state index contributed by atoms with van der Waals surface area (Å²) in [5.41, 5.74) is 5.86. The molecule has 0 aromatic heterocycles. The number of nitrogens with two attached hydrogens (primary N) is 1. The zero-order chi connectivity index (χ0) is 12.6. The van der Waals surface area contributed by atoms with Crippen LogP contribution in [0.5, 0.6) is 0 Å². The van der Waals surface area contributed by atoms with Crippen LogP contribution in [-0.4, -0.2) is 26.2 Å². The van der Waals surface area contributed by atoms with Crippen molar-refractivity contribution in [3.05, 3.63) is 29.3 Å². The van der Waals surface area contributed by atoms with Crippen molar-refractivity contribution in [2.45, 2.75) is 6.04 Å². The zero-order valence-electron chi connectivity index (χ0n) is 9.24. The molecule has 4 nitrogen and oxygen atoms in total. The summed E-state index contributed by atoms with van der Waals surface area (Å²) in [6.45, 7) is 0.452. The molecule has 1 aliphatic rings. The van der Waals surface area contributed by atoms with Gasteiger partial charge in [-0.25, -0.2) is 8.78 Å². The van der Waals surface area contributed by atoms with Crippen LogP contribution in [0.3, 0.4) is 0 Å². The van der Waals surface area contributed by atoms with Crippen molar-refractivity contribution in [2.75, 3.05) is 25.2 Å². The first-order chi connectivity index (χ1) is 8.06. The van der Waals surface area contributed by atoms with Gasteiger partial charge in [0.25, 0.3) is 0 Å². The topological polar surface area (TPSA) is 55.6 Å². The normalized spacial score (nSPS) is 18.7. The fraction of sp³-hybridized carbons (Fsp3) is 0.364. The van der Waals surface area contributed by atoms with Crippen LogP contribution >= 0.6 is 0 Å². The van der Waals surface area contributed by atoms with Gasteiger partial charge in [0.2, 0.25) is 5.91 Å². The van der Waals surface area contributed by atoms with Gasteiger partial charge in [0.15, 0.2) is 0 Å². The Labute approximate surface area is 97.0 Å². The molecule has 0 spiro atoms. The molecule has 2 N–H and O–H groups in total. The van der Waals surface area contributed by atoms with Gasteiger partial charge in [-0.2, -0.15) is 0 Å². The molecule has 1 heterocycles. The number of hydrogen-bond donors (Lipinski definition) is 1. The Hall–Kier alpha value is -1.53. The van der Waals surface area contributed by atoms with Gasteiger partial charge in [-0.1, -0.05) is 0 Å². The molecular weight excluding hydrogens is 230 g/mol. The highest BCUT2D eigenvalue weighted by Crippen LogP contribution is 2.37. The molecule has 17 heavy (non-hydrogen) atoms. The Balaban J connectivity index is 2.44. The van der Waals surface area contributed by atoms with E-state index in [1.807, 2.05) is 0 Å². The molecule has 1 atom stereocenters. The second-order valence-electron chi connectivity index (χ2n) is 3.79. The largest absolute Gasteiger partial charge is 0.383 e. The van der Waals surface area contributed by atoms with Crippen LogP contribution in [-0.2, 0) is 9.53 Å². The lowest BCUT2D eigenvalue weighted by atomic mass is 10.1. The molecule has 0 aliphatic carbocycles. The number of nitrogens with zero attached hydrogens (tertiary/aromatic N) is 1. The molecule has 0 saturated heterocycles. The lowest BCUT2D eigenvalue weighted by molar-refractivity contribution is -0.119. The number of hydrogen-bond acceptors (Lipinski definition) is 3. The van der Waals surface area contributed by atoms with Crippen molar-refractivity contribution in [1.29, 1.82) is 0 Å². The fourth-order valence-electron chi connectivity index (χ4n) is 1.92. The molecule has 1 aromatic carbocycles. The second-order valence-corrected chi connectivity index (χ2v) is 3.79. The number of methoxy groups -OCH3 is 1. The van der Waals surface area contributed by atoms with E-state index in [0.29, 0.717) is 0 Å². The highest BCUT2D eigenvalue weighted by Gasteiger charge is 2.37. The molecule has 1 aromatic rings. The lowest BCUT2D eigenvalue weighted by Crippen LogP contribution is -2.34. The van der Waals surface area contributed by atoms with Crippen molar-refractivity contribution in [3.8, 4) is 0 Å². The Morgan fingerprint density at radius 1 is 1.47 bits per heavy atom. The third kappa shape index (κ3) is 1.89. The Morgan fingerprint density at radius 2 is 2.18 bits per heavy atom. The number of rotatable bonds is 3. The molecule has 1 aliphatic heterocycles. The van der Waals surface area contributed by atoms with E-state index < -0.39 is 23.6 Å². The summed E-state index contributed by atoms with van der Waals surface area (Å²) < 4.78 is 31.5. The number of anilines is 1. The quantitative estimate of drug-likeness (QED) is 0.858. The van der Waals surface area contributed by atoms with Crippen molar-refractivity contribution >= 4 is 11.6 Å². The van der Waals surface area contributed by atoms with Crippen LogP contribution in [0.2, 0.25) is 0 Å². The van der Waals surface area contributed by atoms with Gasteiger partial charge < -0.3 is 15.4 Å². The predicted molar refractivity (Wildman–Crippen MR) is 57.5 cm³/mol. The van der Waals surface area contributed by atoms with E-state index >= 15 is 0 Å². The first kappa shape index (κ1) is 11.9. The van der Waals surface area contributed by atoms with Gasteiger partial charge in [0, 0.05) is 25.3 Å². The van der Waals surface area contributed by atoms with Crippen molar-refractivity contribution in [3.63, 3.8) is 0 Å². The van der Waals surface area contributed by atoms with E-state index in [4.69, 9.17) is 10.5 Å². The number of carbonyl (C=O) groups excluding carboxylic acids is 1. The van der Waals surface area contributed by atoms with Crippen LogP contribution < -0.4 is 10.6 Å². The predicted octanol–water partition coefficient (Wildman–Crippen LogP) is 0.958. The van der Waals surface area contributed by atoms with E-state index in [1.165, 1.54) is 12.0 Å². The van der Waals surface area contributed by atoms with Gasteiger partial charge in [-0.15, -0.1) is 0 Å². The van der Waals surface area contributed by atoms with Crippen molar-refractivity contribution < 1.29 is 18.3 Å². The SMILES string of the molecule is COCCN1C(=O)C(N)c2cc(F)cc(F)c21. The molecule has 0 radical (unpaired) electrons. The molecule has 0 saturated carbocycles. The Bertz CT molecular complexity index is 465. The number of benzene rings is 1. The van der Waals surface area contributed by atoms with Gasteiger partial charge in [0.1, 0.15) is 17.7 Å². The first-order valence-corrected chi connectivity index (χ1v) is 5.11. The number of amides is 1. The number of halogens is 2. The molecule has 0 fully saturated rings. The van der Waals surface area contributed by atoms with Gasteiger partial charge in [-0.3, -0.25) is 4.79 Å². The minimum absolute atomic E-state index is 0.0564. The van der Waals surface area contributed by atoms with Gasteiger partial charge in [0.05, 0.1) is 12.3 Å². The van der Waals surface area contributed by atoms with Crippen LogP contribution in [0, 0.1) is 11.6 Å². The number of fused-ring (bicyclic) bond motifs is 1. The van der Waals surface area contributed by atoms with Crippen LogP contribution in [0.25, 0.3) is 0 Å². The second kappa shape index (κ2) is 4.38. The highest BCUT2D eigenvalue weighted by atomic mass is 19.1. The Kier molecular flexibility index (Phi) is 3.08. The summed E-state index contributed by atoms with van der Waals surface area (Å²) in [6, 6.07) is 0.824. The maximum atomic E-state index is 13.6. The fourth-order valence-corrected chi connectivity index (χ4v) is 1.92. The number of carbonyl (C=O) groups is 1. The summed E-state index contributed by atoms with van der Waals surface area (Å²) in [5.74, 6) is -1.96. The van der Waals surface area contributed by atoms with E-state index in [2.05, 4.69) is 0 Å². The molecule has 2 rings (SSSR count). The molecule has 6 heteroatoms. The summed E-state index contributed by atoms with van der Waals surface area (Å²) in [6.07, 6.45) is 0. The summed E-state index contributed by atoms with van der Waals surface area (Å²) >= 11 is 0. The zero-order valence-corrected chi connectivity index (χ0v) is 9.24. The molecule has 92 valence electrons. The molecular formula is C11H12F2N2O2. The Morgan fingerprint density at radius 3 is 2.82 bits per heavy atom. The molecule has 1 amide bonds. The average Bonchev–Trinajstić information content (AvgIpc) is 2.51. The maximum Gasteiger partial charge on any atom is 0.248 e. The lowest BCUT2D eigenvalue weighted by Gasteiger charge is -2.17. The molecule has 0 bridgehead atoms. The van der Waals surface area contributed by atoms with Crippen LogP contribution in [0.4, 0.5) is 14.5 Å². The molecule has 1 unspecified atom stereocenters. The summed E-state index contributed by atoms with van der Waals surface area (Å²) in [4.78, 5) is 13.0. The van der Waals surface area contributed by atoms with Crippen LogP contribution in [0.1, 0.15) is 11.6 Å².